The van der Waals surface area contributed by atoms with Gasteiger partial charge in [-0.15, -0.1) is 0 Å². The molecule has 2 aliphatic rings. The largest absolute Gasteiger partial charge is 0.224 e. The number of benzene rings is 1. The number of hydrogen-bond donors (Lipinski definition) is 0. The molecule has 0 spiro atoms. The molecule has 1 aromatic carbocycles. The summed E-state index contributed by atoms with van der Waals surface area (Å²) in [6.07, 6.45) is 10.1. The Labute approximate surface area is 129 Å². The lowest BCUT2D eigenvalue weighted by atomic mass is 9.89. The van der Waals surface area contributed by atoms with E-state index in [2.05, 4.69) is 6.08 Å². The highest BCUT2D eigenvalue weighted by atomic mass is 32.2. The second-order valence-electron chi connectivity index (χ2n) is 6.03. The molecule has 22 heavy (non-hydrogen) atoms. The van der Waals surface area contributed by atoms with Crippen molar-refractivity contribution in [1.82, 2.24) is 0 Å². The van der Waals surface area contributed by atoms with Gasteiger partial charge in [-0.1, -0.05) is 25.0 Å². The third-order valence-corrected chi connectivity index (χ3v) is 5.59. The lowest BCUT2D eigenvalue weighted by Gasteiger charge is -2.17. The lowest BCUT2D eigenvalue weighted by molar-refractivity contribution is 0.554. The van der Waals surface area contributed by atoms with Crippen LogP contribution in [-0.2, 0) is 9.84 Å². The van der Waals surface area contributed by atoms with Crippen molar-refractivity contribution in [3.8, 4) is 0 Å². The van der Waals surface area contributed by atoms with E-state index in [-0.39, 0.29) is 5.56 Å². The van der Waals surface area contributed by atoms with Crippen molar-refractivity contribution >= 4 is 15.4 Å². The highest BCUT2D eigenvalue weighted by Crippen LogP contribution is 2.42. The number of hydrogen-bond acceptors (Lipinski definition) is 2. The second-order valence-corrected chi connectivity index (χ2v) is 8.01. The monoisotopic (exact) mass is 324 g/mol. The fourth-order valence-corrected chi connectivity index (χ4v) is 4.17. The van der Waals surface area contributed by atoms with E-state index in [1.54, 1.807) is 0 Å². The standard InChI is InChI=1S/C17H18F2O2S/c1-22(20,21)17-10-15(18)14(9-16(17)19)13-8-4-7-12(13)11-5-2-3-6-11/h7-11H,2-6H2,1H3. The van der Waals surface area contributed by atoms with E-state index < -0.39 is 26.4 Å². The fraction of sp³-hybridized carbons (Fsp3) is 0.412. The molecule has 0 amide bonds. The smallest absolute Gasteiger partial charge is 0.178 e. The van der Waals surface area contributed by atoms with Gasteiger partial charge >= 0.3 is 0 Å². The summed E-state index contributed by atoms with van der Waals surface area (Å²) in [6, 6.07) is 1.82. The average molecular weight is 324 g/mol. The minimum absolute atomic E-state index is 0.167. The Hall–Kier alpha value is -1.49. The topological polar surface area (TPSA) is 34.1 Å². The molecule has 0 saturated heterocycles. The summed E-state index contributed by atoms with van der Waals surface area (Å²) >= 11 is 0. The first-order valence-electron chi connectivity index (χ1n) is 7.48. The summed E-state index contributed by atoms with van der Waals surface area (Å²) in [5, 5.41) is 0. The molecule has 0 aliphatic heterocycles. The van der Waals surface area contributed by atoms with E-state index in [1.165, 1.54) is 12.8 Å². The normalized spacial score (nSPS) is 19.4. The zero-order valence-electron chi connectivity index (χ0n) is 12.4. The van der Waals surface area contributed by atoms with Crippen molar-refractivity contribution in [2.45, 2.75) is 37.0 Å². The van der Waals surface area contributed by atoms with E-state index in [1.807, 2.05) is 6.08 Å². The van der Waals surface area contributed by atoms with Gasteiger partial charge in [-0.25, -0.2) is 17.2 Å². The summed E-state index contributed by atoms with van der Waals surface area (Å²) in [7, 11) is -3.77. The first-order chi connectivity index (χ1) is 10.4. The third kappa shape index (κ3) is 2.74. The predicted octanol–water partition coefficient (Wildman–Crippen LogP) is 4.27. The van der Waals surface area contributed by atoms with Gasteiger partial charge in [0.15, 0.2) is 9.84 Å². The number of allylic oxidation sites excluding steroid dienone is 4. The van der Waals surface area contributed by atoms with Crippen molar-refractivity contribution < 1.29 is 17.2 Å². The Morgan fingerprint density at radius 1 is 1.05 bits per heavy atom. The first-order valence-corrected chi connectivity index (χ1v) is 9.37. The van der Waals surface area contributed by atoms with E-state index in [0.717, 1.165) is 48.8 Å². The van der Waals surface area contributed by atoms with Gasteiger partial charge in [0.2, 0.25) is 0 Å². The Bertz CT molecular complexity index is 770. The molecule has 1 saturated carbocycles. The van der Waals surface area contributed by atoms with Gasteiger partial charge in [0.25, 0.3) is 0 Å². The van der Waals surface area contributed by atoms with E-state index in [0.29, 0.717) is 5.92 Å². The minimum atomic E-state index is -3.77. The minimum Gasteiger partial charge on any atom is -0.224 e. The van der Waals surface area contributed by atoms with Crippen LogP contribution < -0.4 is 0 Å². The van der Waals surface area contributed by atoms with Crippen LogP contribution in [0.25, 0.3) is 5.57 Å². The summed E-state index contributed by atoms with van der Waals surface area (Å²) in [5.41, 5.74) is 1.98. The molecule has 0 atom stereocenters. The summed E-state index contributed by atoms with van der Waals surface area (Å²) < 4.78 is 51.4. The van der Waals surface area contributed by atoms with Crippen molar-refractivity contribution in [2.24, 2.45) is 5.92 Å². The molecule has 1 aromatic rings. The Morgan fingerprint density at radius 3 is 2.36 bits per heavy atom. The van der Waals surface area contributed by atoms with Crippen LogP contribution in [0.3, 0.4) is 0 Å². The van der Waals surface area contributed by atoms with Crippen LogP contribution in [0.2, 0.25) is 0 Å². The van der Waals surface area contributed by atoms with Gasteiger partial charge in [-0.05, 0) is 48.5 Å². The predicted molar refractivity (Wildman–Crippen MR) is 82.1 cm³/mol. The number of halogens is 2. The van der Waals surface area contributed by atoms with Crippen molar-refractivity contribution in [2.75, 3.05) is 6.26 Å². The highest BCUT2D eigenvalue weighted by molar-refractivity contribution is 7.90. The van der Waals surface area contributed by atoms with Crippen LogP contribution in [0.4, 0.5) is 8.78 Å². The molecule has 118 valence electrons. The maximum atomic E-state index is 14.4. The van der Waals surface area contributed by atoms with E-state index in [9.17, 15) is 17.2 Å². The number of sulfone groups is 1. The average Bonchev–Trinajstić information content (AvgIpc) is 3.08. The molecule has 0 aromatic heterocycles. The Kier molecular flexibility index (Phi) is 3.93. The summed E-state index contributed by atoms with van der Waals surface area (Å²) in [4.78, 5) is -0.584. The van der Waals surface area contributed by atoms with Crippen molar-refractivity contribution in [3.05, 3.63) is 47.1 Å². The van der Waals surface area contributed by atoms with Gasteiger partial charge in [0, 0.05) is 11.8 Å². The molecular weight excluding hydrogens is 306 g/mol. The maximum absolute atomic E-state index is 14.4. The maximum Gasteiger partial charge on any atom is 0.178 e. The molecule has 0 bridgehead atoms. The second kappa shape index (κ2) is 5.61. The SMILES string of the molecule is CS(=O)(=O)c1cc(F)c(C2=CCC=C2C2CCCC2)cc1F. The fourth-order valence-electron chi connectivity index (χ4n) is 3.44. The summed E-state index contributed by atoms with van der Waals surface area (Å²) in [5.74, 6) is -1.16. The molecule has 2 nitrogen and oxygen atoms in total. The number of rotatable bonds is 3. The molecule has 0 heterocycles. The van der Waals surface area contributed by atoms with Crippen LogP contribution in [-0.4, -0.2) is 14.7 Å². The van der Waals surface area contributed by atoms with Gasteiger partial charge in [-0.3, -0.25) is 0 Å². The zero-order valence-corrected chi connectivity index (χ0v) is 13.2. The van der Waals surface area contributed by atoms with Gasteiger partial charge in [0.05, 0.1) is 0 Å². The van der Waals surface area contributed by atoms with Gasteiger partial charge < -0.3 is 0 Å². The van der Waals surface area contributed by atoms with Crippen LogP contribution in [0, 0.1) is 17.6 Å². The molecule has 1 fully saturated rings. The van der Waals surface area contributed by atoms with Crippen LogP contribution >= 0.6 is 0 Å². The molecule has 2 aliphatic carbocycles. The third-order valence-electron chi connectivity index (χ3n) is 4.48. The van der Waals surface area contributed by atoms with E-state index >= 15 is 0 Å². The van der Waals surface area contributed by atoms with Crippen LogP contribution in [0.1, 0.15) is 37.7 Å². The molecular formula is C17H18F2O2S. The van der Waals surface area contributed by atoms with Crippen LogP contribution in [0.15, 0.2) is 34.8 Å². The molecule has 0 radical (unpaired) electrons. The zero-order chi connectivity index (χ0) is 15.9. The molecule has 0 N–H and O–H groups in total. The highest BCUT2D eigenvalue weighted by Gasteiger charge is 2.27. The Balaban J connectivity index is 2.02. The van der Waals surface area contributed by atoms with Crippen LogP contribution in [0.5, 0.6) is 0 Å². The summed E-state index contributed by atoms with van der Waals surface area (Å²) in [6.45, 7) is 0. The molecule has 0 unspecified atom stereocenters. The van der Waals surface area contributed by atoms with E-state index in [4.69, 9.17) is 0 Å². The first kappa shape index (κ1) is 15.4. The molecule has 5 heteroatoms. The van der Waals surface area contributed by atoms with Crippen molar-refractivity contribution in [3.63, 3.8) is 0 Å². The lowest BCUT2D eigenvalue weighted by Crippen LogP contribution is -2.06. The quantitative estimate of drug-likeness (QED) is 0.832. The van der Waals surface area contributed by atoms with Gasteiger partial charge in [-0.2, -0.15) is 0 Å². The Morgan fingerprint density at radius 2 is 1.73 bits per heavy atom. The van der Waals surface area contributed by atoms with Crippen molar-refractivity contribution in [1.29, 1.82) is 0 Å². The van der Waals surface area contributed by atoms with Gasteiger partial charge in [0.1, 0.15) is 16.5 Å². The molecule has 3 rings (SSSR count).